The number of carboxylic acid groups (broad SMARTS) is 1. The van der Waals surface area contributed by atoms with Gasteiger partial charge in [0.25, 0.3) is 0 Å². The van der Waals surface area contributed by atoms with Gasteiger partial charge in [0.05, 0.1) is 18.2 Å². The third kappa shape index (κ3) is 3.80. The number of anilines is 1. The fourth-order valence-electron chi connectivity index (χ4n) is 2.50. The lowest BCUT2D eigenvalue weighted by atomic mass is 10.1. The fourth-order valence-corrected chi connectivity index (χ4v) is 2.50. The van der Waals surface area contributed by atoms with Crippen LogP contribution in [0.3, 0.4) is 0 Å². The van der Waals surface area contributed by atoms with Gasteiger partial charge in [-0.3, -0.25) is 0 Å². The number of furan rings is 1. The predicted octanol–water partition coefficient (Wildman–Crippen LogP) is 3.18. The molecule has 7 heteroatoms. The van der Waals surface area contributed by atoms with E-state index in [1.165, 1.54) is 0 Å². The molecule has 1 unspecified atom stereocenters. The minimum absolute atomic E-state index is 0.136. The number of nitrogens with zero attached hydrogens (tertiary/aromatic N) is 1. The zero-order valence-corrected chi connectivity index (χ0v) is 14.1. The predicted molar refractivity (Wildman–Crippen MR) is 89.3 cm³/mol. The molecule has 0 aliphatic heterocycles. The van der Waals surface area contributed by atoms with E-state index < -0.39 is 18.0 Å². The van der Waals surface area contributed by atoms with E-state index in [0.29, 0.717) is 22.6 Å². The van der Waals surface area contributed by atoms with Crippen LogP contribution in [0.2, 0.25) is 0 Å². The largest absolute Gasteiger partial charge is 0.479 e. The van der Waals surface area contributed by atoms with E-state index in [9.17, 15) is 14.7 Å². The van der Waals surface area contributed by atoms with E-state index in [1.54, 1.807) is 45.0 Å². The van der Waals surface area contributed by atoms with Crippen molar-refractivity contribution in [1.82, 2.24) is 0 Å². The van der Waals surface area contributed by atoms with Gasteiger partial charge in [0, 0.05) is 11.3 Å². The van der Waals surface area contributed by atoms with Crippen molar-refractivity contribution in [3.05, 3.63) is 52.5 Å². The van der Waals surface area contributed by atoms with Crippen LogP contribution in [0.15, 0.2) is 28.7 Å². The molecule has 1 aromatic carbocycles. The maximum atomic E-state index is 12.0. The molecule has 2 aromatic rings. The van der Waals surface area contributed by atoms with Crippen molar-refractivity contribution in [3.63, 3.8) is 0 Å². The molecule has 25 heavy (non-hydrogen) atoms. The lowest BCUT2D eigenvalue weighted by Gasteiger charge is -2.14. The molecule has 2 N–H and O–H groups in total. The van der Waals surface area contributed by atoms with Gasteiger partial charge in [0.1, 0.15) is 17.1 Å². The maximum absolute atomic E-state index is 12.0. The monoisotopic (exact) mass is 342 g/mol. The summed E-state index contributed by atoms with van der Waals surface area (Å²) in [5.41, 5.74) is 1.64. The SMILES string of the molecule is CCOC(=O)c1c(C)oc(C(Nc2ccc(C#N)cc2)C(=O)O)c1C. The Balaban J connectivity index is 2.37. The molecule has 0 radical (unpaired) electrons. The minimum Gasteiger partial charge on any atom is -0.479 e. The summed E-state index contributed by atoms with van der Waals surface area (Å²) in [4.78, 5) is 23.7. The first-order chi connectivity index (χ1) is 11.9. The van der Waals surface area contributed by atoms with E-state index in [-0.39, 0.29) is 17.9 Å². The maximum Gasteiger partial charge on any atom is 0.341 e. The first kappa shape index (κ1) is 18.1. The van der Waals surface area contributed by atoms with E-state index in [2.05, 4.69) is 5.32 Å². The van der Waals surface area contributed by atoms with Crippen molar-refractivity contribution in [3.8, 4) is 6.07 Å². The summed E-state index contributed by atoms with van der Waals surface area (Å²) in [5, 5.41) is 21.2. The number of nitriles is 1. The number of esters is 1. The highest BCUT2D eigenvalue weighted by Crippen LogP contribution is 2.30. The minimum atomic E-state index is -1.19. The summed E-state index contributed by atoms with van der Waals surface area (Å²) >= 11 is 0. The van der Waals surface area contributed by atoms with Crippen LogP contribution in [-0.4, -0.2) is 23.7 Å². The van der Waals surface area contributed by atoms with Crippen LogP contribution in [0, 0.1) is 25.2 Å². The van der Waals surface area contributed by atoms with Crippen LogP contribution in [0.5, 0.6) is 0 Å². The fraction of sp³-hybridized carbons (Fsp3) is 0.278. The molecular weight excluding hydrogens is 324 g/mol. The second-order valence-electron chi connectivity index (χ2n) is 5.35. The van der Waals surface area contributed by atoms with Gasteiger partial charge >= 0.3 is 11.9 Å². The van der Waals surface area contributed by atoms with Crippen LogP contribution in [-0.2, 0) is 9.53 Å². The Morgan fingerprint density at radius 3 is 2.48 bits per heavy atom. The quantitative estimate of drug-likeness (QED) is 0.775. The average molecular weight is 342 g/mol. The van der Waals surface area contributed by atoms with Gasteiger partial charge in [-0.15, -0.1) is 0 Å². The highest BCUT2D eigenvalue weighted by Gasteiger charge is 2.30. The molecule has 7 nitrogen and oxygen atoms in total. The molecule has 0 bridgehead atoms. The molecule has 0 aliphatic rings. The molecule has 1 atom stereocenters. The Kier molecular flexibility index (Phi) is 5.45. The molecule has 1 aromatic heterocycles. The van der Waals surface area contributed by atoms with Crippen LogP contribution in [0.4, 0.5) is 5.69 Å². The van der Waals surface area contributed by atoms with Crippen molar-refractivity contribution < 1.29 is 23.8 Å². The van der Waals surface area contributed by atoms with Crippen LogP contribution >= 0.6 is 0 Å². The number of nitrogens with one attached hydrogen (secondary N) is 1. The Labute approximate surface area is 144 Å². The molecule has 0 amide bonds. The van der Waals surface area contributed by atoms with E-state index >= 15 is 0 Å². The normalized spacial score (nSPS) is 11.4. The summed E-state index contributed by atoms with van der Waals surface area (Å²) in [6.07, 6.45) is 0. The number of benzene rings is 1. The number of rotatable bonds is 6. The smallest absolute Gasteiger partial charge is 0.341 e. The number of aliphatic carboxylic acids is 1. The number of carbonyl (C=O) groups excluding carboxylic acids is 1. The van der Waals surface area contributed by atoms with Gasteiger partial charge in [0.2, 0.25) is 0 Å². The van der Waals surface area contributed by atoms with Crippen LogP contribution < -0.4 is 5.32 Å². The van der Waals surface area contributed by atoms with Crippen molar-refractivity contribution in [2.45, 2.75) is 26.8 Å². The molecule has 0 fully saturated rings. The second-order valence-corrected chi connectivity index (χ2v) is 5.35. The standard InChI is InChI=1S/C18H18N2O5/c1-4-24-18(23)14-10(2)16(25-11(14)3)15(17(21)22)20-13-7-5-12(9-19)6-8-13/h5-8,15,20H,4H2,1-3H3,(H,21,22). The Bertz CT molecular complexity index is 830. The number of hydrogen-bond donors (Lipinski definition) is 2. The zero-order valence-electron chi connectivity index (χ0n) is 14.1. The number of aryl methyl sites for hydroxylation is 1. The Hall–Kier alpha value is -3.27. The summed E-state index contributed by atoms with van der Waals surface area (Å²) in [6.45, 7) is 5.11. The number of carbonyl (C=O) groups is 2. The lowest BCUT2D eigenvalue weighted by Crippen LogP contribution is -2.21. The number of ether oxygens (including phenoxy) is 1. The molecule has 0 saturated heterocycles. The topological polar surface area (TPSA) is 113 Å². The summed E-state index contributed by atoms with van der Waals surface area (Å²) in [5.74, 6) is -1.26. The van der Waals surface area contributed by atoms with Crippen LogP contribution in [0.1, 0.15) is 46.0 Å². The molecular formula is C18H18N2O5. The van der Waals surface area contributed by atoms with Gasteiger partial charge in [-0.05, 0) is 45.0 Å². The van der Waals surface area contributed by atoms with Gasteiger partial charge < -0.3 is 19.6 Å². The van der Waals surface area contributed by atoms with Gasteiger partial charge in [-0.1, -0.05) is 0 Å². The highest BCUT2D eigenvalue weighted by molar-refractivity contribution is 5.93. The molecule has 1 heterocycles. The third-order valence-electron chi connectivity index (χ3n) is 3.67. The van der Waals surface area contributed by atoms with Crippen molar-refractivity contribution in [2.75, 3.05) is 11.9 Å². The van der Waals surface area contributed by atoms with E-state index in [0.717, 1.165) is 0 Å². The second kappa shape index (κ2) is 7.53. The number of carboxylic acids is 1. The third-order valence-corrected chi connectivity index (χ3v) is 3.67. The van der Waals surface area contributed by atoms with E-state index in [1.807, 2.05) is 6.07 Å². The Morgan fingerprint density at radius 2 is 1.96 bits per heavy atom. The molecule has 0 spiro atoms. The average Bonchev–Trinajstić information content (AvgIpc) is 2.87. The molecule has 0 aliphatic carbocycles. The first-order valence-corrected chi connectivity index (χ1v) is 7.65. The van der Waals surface area contributed by atoms with Crippen molar-refractivity contribution in [2.24, 2.45) is 0 Å². The highest BCUT2D eigenvalue weighted by atomic mass is 16.5. The van der Waals surface area contributed by atoms with Gasteiger partial charge in [-0.25, -0.2) is 9.59 Å². The summed E-state index contributed by atoms with van der Waals surface area (Å²) in [7, 11) is 0. The molecule has 2 rings (SSSR count). The molecule has 130 valence electrons. The lowest BCUT2D eigenvalue weighted by molar-refractivity contribution is -0.138. The molecule has 0 saturated carbocycles. The Morgan fingerprint density at radius 1 is 1.32 bits per heavy atom. The van der Waals surface area contributed by atoms with Crippen molar-refractivity contribution in [1.29, 1.82) is 5.26 Å². The summed E-state index contributed by atoms with van der Waals surface area (Å²) < 4.78 is 10.5. The van der Waals surface area contributed by atoms with Crippen LogP contribution in [0.25, 0.3) is 0 Å². The van der Waals surface area contributed by atoms with E-state index in [4.69, 9.17) is 14.4 Å². The van der Waals surface area contributed by atoms with Gasteiger partial charge in [-0.2, -0.15) is 5.26 Å². The zero-order chi connectivity index (χ0) is 18.6. The first-order valence-electron chi connectivity index (χ1n) is 7.65. The number of hydrogen-bond acceptors (Lipinski definition) is 6. The van der Waals surface area contributed by atoms with Crippen molar-refractivity contribution >= 4 is 17.6 Å². The van der Waals surface area contributed by atoms with Gasteiger partial charge in [0.15, 0.2) is 6.04 Å². The summed E-state index contributed by atoms with van der Waals surface area (Å²) in [6, 6.07) is 7.16.